The Hall–Kier alpha value is -2.41. The summed E-state index contributed by atoms with van der Waals surface area (Å²) in [6.45, 7) is 12.9. The highest BCUT2D eigenvalue weighted by Crippen LogP contribution is 2.28. The molecule has 2 aliphatic rings. The molecule has 7 heteroatoms. The van der Waals surface area contributed by atoms with Gasteiger partial charge in [-0.05, 0) is 57.4 Å². The van der Waals surface area contributed by atoms with Crippen molar-refractivity contribution in [3.8, 4) is 0 Å². The van der Waals surface area contributed by atoms with Gasteiger partial charge in [0.05, 0.1) is 6.54 Å². The Morgan fingerprint density at radius 2 is 1.67 bits per heavy atom. The minimum Gasteiger partial charge on any atom is -0.342 e. The van der Waals surface area contributed by atoms with Gasteiger partial charge < -0.3 is 14.7 Å². The first-order valence-electron chi connectivity index (χ1n) is 11.0. The van der Waals surface area contributed by atoms with Gasteiger partial charge in [0.2, 0.25) is 17.7 Å². The van der Waals surface area contributed by atoms with Gasteiger partial charge in [0.1, 0.15) is 5.92 Å². The highest BCUT2D eigenvalue weighted by atomic mass is 16.2. The van der Waals surface area contributed by atoms with Crippen molar-refractivity contribution in [3.05, 3.63) is 29.3 Å². The normalized spacial score (nSPS) is 20.0. The van der Waals surface area contributed by atoms with Crippen LogP contribution in [0.5, 0.6) is 0 Å². The van der Waals surface area contributed by atoms with Crippen molar-refractivity contribution in [1.82, 2.24) is 14.7 Å². The number of anilines is 1. The number of piperazine rings is 1. The molecule has 0 saturated carbocycles. The molecule has 0 aliphatic carbocycles. The number of carbonyl (C=O) groups excluding carboxylic acids is 3. The fraction of sp³-hybridized carbons (Fsp3) is 0.609. The molecule has 30 heavy (non-hydrogen) atoms. The lowest BCUT2D eigenvalue weighted by atomic mass is 10.1. The molecular formula is C23H34N4O3. The van der Waals surface area contributed by atoms with E-state index in [1.807, 2.05) is 50.8 Å². The van der Waals surface area contributed by atoms with Crippen LogP contribution in [0.4, 0.5) is 5.69 Å². The summed E-state index contributed by atoms with van der Waals surface area (Å²) in [4.78, 5) is 45.8. The molecule has 1 aromatic carbocycles. The Bertz CT molecular complexity index is 798. The van der Waals surface area contributed by atoms with Crippen LogP contribution in [-0.2, 0) is 14.4 Å². The number of benzene rings is 1. The molecule has 0 spiro atoms. The highest BCUT2D eigenvalue weighted by Gasteiger charge is 2.40. The van der Waals surface area contributed by atoms with Gasteiger partial charge in [-0.1, -0.05) is 6.07 Å². The standard InChI is InChI=1S/C23H34N4O3/c1-5-25(6-2)21(28)16-24-11-13-26(14-12-24)22(29)20-9-10-27(23(20)30)19-8-7-17(3)18(4)15-19/h7-8,15,20H,5-6,9-14,16H2,1-4H3. The third-order valence-corrected chi connectivity index (χ3v) is 6.46. The summed E-state index contributed by atoms with van der Waals surface area (Å²) in [7, 11) is 0. The monoisotopic (exact) mass is 414 g/mol. The van der Waals surface area contributed by atoms with E-state index in [9.17, 15) is 14.4 Å². The number of nitrogens with zero attached hydrogens (tertiary/aromatic N) is 4. The molecule has 0 N–H and O–H groups in total. The number of rotatable bonds is 6. The average Bonchev–Trinajstić information content (AvgIpc) is 3.12. The lowest BCUT2D eigenvalue weighted by Gasteiger charge is -2.36. The van der Waals surface area contributed by atoms with E-state index in [1.165, 1.54) is 5.56 Å². The molecule has 1 aromatic rings. The summed E-state index contributed by atoms with van der Waals surface area (Å²) in [5, 5.41) is 0. The third kappa shape index (κ3) is 4.67. The van der Waals surface area contributed by atoms with Crippen LogP contribution in [0.2, 0.25) is 0 Å². The summed E-state index contributed by atoms with van der Waals surface area (Å²) >= 11 is 0. The molecule has 164 valence electrons. The van der Waals surface area contributed by atoms with Crippen LogP contribution in [0, 0.1) is 19.8 Å². The van der Waals surface area contributed by atoms with E-state index in [0.29, 0.717) is 58.8 Å². The minimum absolute atomic E-state index is 0.0685. The second-order valence-corrected chi connectivity index (χ2v) is 8.27. The molecular weight excluding hydrogens is 380 g/mol. The van der Waals surface area contributed by atoms with E-state index in [-0.39, 0.29) is 17.7 Å². The average molecular weight is 415 g/mol. The Balaban J connectivity index is 1.55. The van der Waals surface area contributed by atoms with Gasteiger partial charge in [-0.3, -0.25) is 19.3 Å². The van der Waals surface area contributed by atoms with E-state index in [1.54, 1.807) is 9.80 Å². The van der Waals surface area contributed by atoms with Crippen LogP contribution in [0.15, 0.2) is 18.2 Å². The van der Waals surface area contributed by atoms with Crippen molar-refractivity contribution in [2.75, 3.05) is 57.3 Å². The molecule has 2 heterocycles. The quantitative estimate of drug-likeness (QED) is 0.665. The molecule has 2 saturated heterocycles. The number of hydrogen-bond donors (Lipinski definition) is 0. The van der Waals surface area contributed by atoms with E-state index >= 15 is 0 Å². The van der Waals surface area contributed by atoms with Gasteiger partial charge in [-0.2, -0.15) is 0 Å². The second-order valence-electron chi connectivity index (χ2n) is 8.27. The van der Waals surface area contributed by atoms with Crippen LogP contribution >= 0.6 is 0 Å². The predicted molar refractivity (Wildman–Crippen MR) is 117 cm³/mol. The largest absolute Gasteiger partial charge is 0.342 e. The van der Waals surface area contributed by atoms with Gasteiger partial charge in [-0.15, -0.1) is 0 Å². The van der Waals surface area contributed by atoms with E-state index in [2.05, 4.69) is 4.90 Å². The summed E-state index contributed by atoms with van der Waals surface area (Å²) < 4.78 is 0. The van der Waals surface area contributed by atoms with Crippen molar-refractivity contribution in [2.45, 2.75) is 34.1 Å². The summed E-state index contributed by atoms with van der Waals surface area (Å²) in [5.41, 5.74) is 3.21. The van der Waals surface area contributed by atoms with Gasteiger partial charge >= 0.3 is 0 Å². The van der Waals surface area contributed by atoms with Crippen LogP contribution < -0.4 is 4.90 Å². The number of carbonyl (C=O) groups is 3. The zero-order valence-electron chi connectivity index (χ0n) is 18.7. The molecule has 0 bridgehead atoms. The molecule has 2 fully saturated rings. The molecule has 0 aromatic heterocycles. The molecule has 3 rings (SSSR count). The first-order chi connectivity index (χ1) is 14.3. The molecule has 2 aliphatic heterocycles. The predicted octanol–water partition coefficient (Wildman–Crippen LogP) is 1.67. The molecule has 7 nitrogen and oxygen atoms in total. The first kappa shape index (κ1) is 22.3. The van der Waals surface area contributed by atoms with Crippen molar-refractivity contribution >= 4 is 23.4 Å². The van der Waals surface area contributed by atoms with Crippen LogP contribution in [0.1, 0.15) is 31.4 Å². The Labute approximate surface area is 179 Å². The van der Waals surface area contributed by atoms with Crippen LogP contribution in [0.3, 0.4) is 0 Å². The maximum Gasteiger partial charge on any atom is 0.239 e. The molecule has 1 atom stereocenters. The zero-order valence-corrected chi connectivity index (χ0v) is 18.7. The fourth-order valence-corrected chi connectivity index (χ4v) is 4.27. The maximum atomic E-state index is 13.0. The number of aryl methyl sites for hydroxylation is 2. The smallest absolute Gasteiger partial charge is 0.239 e. The summed E-state index contributed by atoms with van der Waals surface area (Å²) in [5.74, 6) is -0.617. The Kier molecular flexibility index (Phi) is 7.13. The van der Waals surface area contributed by atoms with E-state index in [0.717, 1.165) is 11.3 Å². The maximum absolute atomic E-state index is 13.0. The van der Waals surface area contributed by atoms with Crippen molar-refractivity contribution in [3.63, 3.8) is 0 Å². The SMILES string of the molecule is CCN(CC)C(=O)CN1CCN(C(=O)C2CCN(c3ccc(C)c(C)c3)C2=O)CC1. The summed E-state index contributed by atoms with van der Waals surface area (Å²) in [6, 6.07) is 6.00. The van der Waals surface area contributed by atoms with E-state index in [4.69, 9.17) is 0 Å². The zero-order chi connectivity index (χ0) is 21.8. The second kappa shape index (κ2) is 9.60. The third-order valence-electron chi connectivity index (χ3n) is 6.46. The van der Waals surface area contributed by atoms with Gasteiger partial charge in [0.15, 0.2) is 0 Å². The molecule has 3 amide bonds. The lowest BCUT2D eigenvalue weighted by Crippen LogP contribution is -2.53. The van der Waals surface area contributed by atoms with Crippen LogP contribution in [-0.4, -0.2) is 84.8 Å². The van der Waals surface area contributed by atoms with Crippen LogP contribution in [0.25, 0.3) is 0 Å². The first-order valence-corrected chi connectivity index (χ1v) is 11.0. The highest BCUT2D eigenvalue weighted by molar-refractivity contribution is 6.09. The topological polar surface area (TPSA) is 64.2 Å². The molecule has 0 radical (unpaired) electrons. The van der Waals surface area contributed by atoms with Crippen molar-refractivity contribution in [1.29, 1.82) is 0 Å². The number of likely N-dealkylation sites (N-methyl/N-ethyl adjacent to an activating group) is 1. The Morgan fingerprint density at radius 3 is 2.27 bits per heavy atom. The Morgan fingerprint density at radius 1 is 1.00 bits per heavy atom. The number of hydrogen-bond acceptors (Lipinski definition) is 4. The van der Waals surface area contributed by atoms with Crippen molar-refractivity contribution < 1.29 is 14.4 Å². The van der Waals surface area contributed by atoms with Gasteiger partial charge in [-0.25, -0.2) is 0 Å². The fourth-order valence-electron chi connectivity index (χ4n) is 4.27. The summed E-state index contributed by atoms with van der Waals surface area (Å²) in [6.07, 6.45) is 0.561. The van der Waals surface area contributed by atoms with Gasteiger partial charge in [0, 0.05) is 51.5 Å². The minimum atomic E-state index is -0.588. The lowest BCUT2D eigenvalue weighted by molar-refractivity contribution is -0.141. The van der Waals surface area contributed by atoms with Crippen molar-refractivity contribution in [2.24, 2.45) is 5.92 Å². The van der Waals surface area contributed by atoms with Gasteiger partial charge in [0.25, 0.3) is 0 Å². The number of amides is 3. The van der Waals surface area contributed by atoms with E-state index < -0.39 is 5.92 Å². The molecule has 1 unspecified atom stereocenters.